The molecule has 1 unspecified atom stereocenters. The Morgan fingerprint density at radius 3 is 2.07 bits per heavy atom. The highest BCUT2D eigenvalue weighted by Crippen LogP contribution is 2.12. The van der Waals surface area contributed by atoms with Gasteiger partial charge in [0, 0.05) is 13.5 Å². The van der Waals surface area contributed by atoms with Crippen molar-refractivity contribution in [2.45, 2.75) is 53.6 Å². The number of carbonyl (C=O) groups is 1. The van der Waals surface area contributed by atoms with Crippen LogP contribution < -0.4 is 0 Å². The molecule has 1 atom stereocenters. The fourth-order valence-corrected chi connectivity index (χ4v) is 1.21. The standard InChI is InChI=1S/C7H12FNO.2C2H6/c1-6(10)9-4-2-3-7(8)5-9;2*1-2/h7H,2-5H2,1H3;2*1-2H3. The fraction of sp³-hybridized carbons (Fsp3) is 0.909. The summed E-state index contributed by atoms with van der Waals surface area (Å²) in [5.74, 6) is -0.0117. The molecule has 0 aliphatic carbocycles. The van der Waals surface area contributed by atoms with E-state index in [0.717, 1.165) is 13.0 Å². The average molecular weight is 205 g/mol. The lowest BCUT2D eigenvalue weighted by molar-refractivity contribution is -0.130. The predicted octanol–water partition coefficient (Wildman–Crippen LogP) is 3.02. The Hall–Kier alpha value is -0.600. The summed E-state index contributed by atoms with van der Waals surface area (Å²) >= 11 is 0. The first-order valence-corrected chi connectivity index (χ1v) is 5.59. The van der Waals surface area contributed by atoms with Gasteiger partial charge in [0.2, 0.25) is 5.91 Å². The van der Waals surface area contributed by atoms with E-state index in [0.29, 0.717) is 13.0 Å². The number of rotatable bonds is 0. The lowest BCUT2D eigenvalue weighted by Gasteiger charge is -2.27. The van der Waals surface area contributed by atoms with Crippen molar-refractivity contribution in [1.29, 1.82) is 0 Å². The lowest BCUT2D eigenvalue weighted by Crippen LogP contribution is -2.39. The van der Waals surface area contributed by atoms with E-state index in [-0.39, 0.29) is 5.91 Å². The molecule has 0 radical (unpaired) electrons. The first-order valence-electron chi connectivity index (χ1n) is 5.59. The monoisotopic (exact) mass is 205 g/mol. The van der Waals surface area contributed by atoms with Crippen LogP contribution >= 0.6 is 0 Å². The van der Waals surface area contributed by atoms with Crippen LogP contribution in [0.2, 0.25) is 0 Å². The van der Waals surface area contributed by atoms with Crippen molar-refractivity contribution in [1.82, 2.24) is 4.90 Å². The fourth-order valence-electron chi connectivity index (χ4n) is 1.21. The third-order valence-electron chi connectivity index (χ3n) is 1.81. The van der Waals surface area contributed by atoms with Crippen LogP contribution in [-0.2, 0) is 4.79 Å². The van der Waals surface area contributed by atoms with Crippen molar-refractivity contribution in [2.75, 3.05) is 13.1 Å². The molecule has 1 heterocycles. The Balaban J connectivity index is 0. The minimum atomic E-state index is -0.794. The van der Waals surface area contributed by atoms with Crippen molar-refractivity contribution in [3.05, 3.63) is 0 Å². The second kappa shape index (κ2) is 10.5. The van der Waals surface area contributed by atoms with Gasteiger partial charge in [0.05, 0.1) is 6.54 Å². The second-order valence-electron chi connectivity index (χ2n) is 2.70. The molecule has 0 aromatic rings. The zero-order valence-electron chi connectivity index (χ0n) is 10.1. The Morgan fingerprint density at radius 1 is 1.29 bits per heavy atom. The maximum absolute atomic E-state index is 12.6. The average Bonchev–Trinajstić information content (AvgIpc) is 2.24. The van der Waals surface area contributed by atoms with Gasteiger partial charge in [-0.05, 0) is 12.8 Å². The van der Waals surface area contributed by atoms with Gasteiger partial charge in [-0.1, -0.05) is 27.7 Å². The van der Waals surface area contributed by atoms with E-state index in [1.54, 1.807) is 4.90 Å². The Labute approximate surface area is 87.5 Å². The molecular weight excluding hydrogens is 181 g/mol. The van der Waals surface area contributed by atoms with Crippen LogP contribution in [-0.4, -0.2) is 30.1 Å². The molecule has 3 heteroatoms. The number of hydrogen-bond acceptors (Lipinski definition) is 1. The molecule has 1 aliphatic rings. The van der Waals surface area contributed by atoms with Crippen molar-refractivity contribution >= 4 is 5.91 Å². The largest absolute Gasteiger partial charge is 0.340 e. The highest BCUT2D eigenvalue weighted by molar-refractivity contribution is 5.73. The van der Waals surface area contributed by atoms with E-state index in [1.807, 2.05) is 27.7 Å². The first kappa shape index (κ1) is 15.9. The van der Waals surface area contributed by atoms with Crippen molar-refractivity contribution in [3.8, 4) is 0 Å². The summed E-state index contributed by atoms with van der Waals surface area (Å²) in [5.41, 5.74) is 0. The van der Waals surface area contributed by atoms with Gasteiger partial charge in [0.15, 0.2) is 0 Å². The molecule has 0 aromatic carbocycles. The summed E-state index contributed by atoms with van der Waals surface area (Å²) < 4.78 is 12.6. The first-order chi connectivity index (χ1) is 6.70. The maximum atomic E-state index is 12.6. The van der Waals surface area contributed by atoms with Gasteiger partial charge in [-0.3, -0.25) is 4.79 Å². The normalized spacial score (nSPS) is 19.9. The Bertz CT molecular complexity index is 139. The minimum absolute atomic E-state index is 0.0117. The molecule has 1 fully saturated rings. The van der Waals surface area contributed by atoms with Crippen LogP contribution in [0.1, 0.15) is 47.5 Å². The molecule has 2 nitrogen and oxygen atoms in total. The van der Waals surface area contributed by atoms with Gasteiger partial charge in [0.25, 0.3) is 0 Å². The van der Waals surface area contributed by atoms with E-state index in [9.17, 15) is 9.18 Å². The molecule has 1 aliphatic heterocycles. The SMILES string of the molecule is CC.CC.CC(=O)N1CCCC(F)C1. The molecule has 0 bridgehead atoms. The van der Waals surface area contributed by atoms with Crippen molar-refractivity contribution in [3.63, 3.8) is 0 Å². The summed E-state index contributed by atoms with van der Waals surface area (Å²) in [7, 11) is 0. The van der Waals surface area contributed by atoms with Crippen molar-refractivity contribution < 1.29 is 9.18 Å². The smallest absolute Gasteiger partial charge is 0.219 e. The van der Waals surface area contributed by atoms with Gasteiger partial charge in [-0.25, -0.2) is 4.39 Å². The molecule has 0 saturated carbocycles. The number of carbonyl (C=O) groups excluding carboxylic acids is 1. The number of amides is 1. The number of nitrogens with zero attached hydrogens (tertiary/aromatic N) is 1. The second-order valence-corrected chi connectivity index (χ2v) is 2.70. The minimum Gasteiger partial charge on any atom is -0.340 e. The zero-order valence-corrected chi connectivity index (χ0v) is 10.1. The highest BCUT2D eigenvalue weighted by atomic mass is 19.1. The van der Waals surface area contributed by atoms with Gasteiger partial charge in [0.1, 0.15) is 6.17 Å². The molecule has 14 heavy (non-hydrogen) atoms. The van der Waals surface area contributed by atoms with Crippen LogP contribution in [0.3, 0.4) is 0 Å². The number of hydrogen-bond donors (Lipinski definition) is 0. The Morgan fingerprint density at radius 2 is 1.79 bits per heavy atom. The molecular formula is C11H24FNO. The van der Waals surface area contributed by atoms with E-state index in [4.69, 9.17) is 0 Å². The van der Waals surface area contributed by atoms with Gasteiger partial charge in [-0.2, -0.15) is 0 Å². The topological polar surface area (TPSA) is 20.3 Å². The quantitative estimate of drug-likeness (QED) is 0.595. The van der Waals surface area contributed by atoms with Crippen LogP contribution in [0, 0.1) is 0 Å². The van der Waals surface area contributed by atoms with E-state index >= 15 is 0 Å². The molecule has 0 spiro atoms. The van der Waals surface area contributed by atoms with E-state index in [2.05, 4.69) is 0 Å². The number of piperidine rings is 1. The molecule has 1 saturated heterocycles. The van der Waals surface area contributed by atoms with Crippen LogP contribution in [0.5, 0.6) is 0 Å². The van der Waals surface area contributed by atoms with Crippen LogP contribution in [0.25, 0.3) is 0 Å². The van der Waals surface area contributed by atoms with Crippen molar-refractivity contribution in [2.24, 2.45) is 0 Å². The van der Waals surface area contributed by atoms with Crippen LogP contribution in [0.4, 0.5) is 4.39 Å². The molecule has 1 rings (SSSR count). The molecule has 0 aromatic heterocycles. The summed E-state index contributed by atoms with van der Waals surface area (Å²) in [6, 6.07) is 0. The highest BCUT2D eigenvalue weighted by Gasteiger charge is 2.20. The van der Waals surface area contributed by atoms with Crippen LogP contribution in [0.15, 0.2) is 0 Å². The lowest BCUT2D eigenvalue weighted by atomic mass is 10.1. The van der Waals surface area contributed by atoms with Gasteiger partial charge < -0.3 is 4.90 Å². The number of alkyl halides is 1. The third kappa shape index (κ3) is 6.87. The number of halogens is 1. The van der Waals surface area contributed by atoms with E-state index in [1.165, 1.54) is 6.92 Å². The molecule has 0 N–H and O–H groups in total. The van der Waals surface area contributed by atoms with Gasteiger partial charge >= 0.3 is 0 Å². The van der Waals surface area contributed by atoms with Gasteiger partial charge in [-0.15, -0.1) is 0 Å². The van der Waals surface area contributed by atoms with E-state index < -0.39 is 6.17 Å². The Kier molecular flexibility index (Phi) is 11.9. The zero-order chi connectivity index (χ0) is 11.6. The summed E-state index contributed by atoms with van der Waals surface area (Å²) in [5, 5.41) is 0. The summed E-state index contributed by atoms with van der Waals surface area (Å²) in [6.45, 7) is 10.5. The maximum Gasteiger partial charge on any atom is 0.219 e. The summed E-state index contributed by atoms with van der Waals surface area (Å²) in [6.07, 6.45) is 0.627. The summed E-state index contributed by atoms with van der Waals surface area (Å²) in [4.78, 5) is 12.3. The molecule has 1 amide bonds. The predicted molar refractivity (Wildman–Crippen MR) is 59.1 cm³/mol. The number of likely N-dealkylation sites (tertiary alicyclic amines) is 1. The third-order valence-corrected chi connectivity index (χ3v) is 1.81. The molecule has 86 valence electrons.